The van der Waals surface area contributed by atoms with Crippen molar-refractivity contribution in [3.8, 4) is 0 Å². The molecular weight excluding hydrogens is 326 g/mol. The molecule has 0 unspecified atom stereocenters. The SMILES string of the molecule is FC1(F)CC(c2nc3c(s2)CCN(C[C@@H]2CC24CCCCC4)C3)C1. The highest BCUT2D eigenvalue weighted by Gasteiger charge is 2.54. The van der Waals surface area contributed by atoms with E-state index in [-0.39, 0.29) is 18.8 Å². The highest BCUT2D eigenvalue weighted by atomic mass is 32.1. The predicted molar refractivity (Wildman–Crippen MR) is 91.6 cm³/mol. The fourth-order valence-electron chi connectivity index (χ4n) is 5.31. The minimum Gasteiger partial charge on any atom is -0.297 e. The minimum absolute atomic E-state index is 0.00764. The van der Waals surface area contributed by atoms with Gasteiger partial charge in [0.2, 0.25) is 5.92 Å². The lowest BCUT2D eigenvalue weighted by molar-refractivity contribution is -0.0868. The standard InChI is InChI=1S/C19H26F2N2S/c20-19(21)8-13(9-19)17-22-15-12-23(7-4-16(15)24-17)11-14-10-18(14)5-2-1-3-6-18/h13-14H,1-12H2/t14-/m0/s1. The highest BCUT2D eigenvalue weighted by Crippen LogP contribution is 2.61. The molecule has 5 heteroatoms. The molecule has 0 amide bonds. The third-order valence-corrected chi connectivity index (χ3v) is 8.27. The van der Waals surface area contributed by atoms with Gasteiger partial charge in [0.1, 0.15) is 0 Å². The fraction of sp³-hybridized carbons (Fsp3) is 0.842. The maximum atomic E-state index is 13.1. The summed E-state index contributed by atoms with van der Waals surface area (Å²) in [7, 11) is 0. The zero-order valence-electron chi connectivity index (χ0n) is 14.2. The van der Waals surface area contributed by atoms with Crippen molar-refractivity contribution in [2.24, 2.45) is 11.3 Å². The lowest BCUT2D eigenvalue weighted by Gasteiger charge is -2.33. The van der Waals surface area contributed by atoms with Gasteiger partial charge < -0.3 is 0 Å². The molecule has 0 N–H and O–H groups in total. The van der Waals surface area contributed by atoms with Crippen molar-refractivity contribution in [2.45, 2.75) is 76.2 Å². The number of nitrogens with zero attached hydrogens (tertiary/aromatic N) is 2. The van der Waals surface area contributed by atoms with E-state index >= 15 is 0 Å². The van der Waals surface area contributed by atoms with Crippen molar-refractivity contribution < 1.29 is 8.78 Å². The molecule has 24 heavy (non-hydrogen) atoms. The van der Waals surface area contributed by atoms with Crippen LogP contribution in [0.5, 0.6) is 0 Å². The largest absolute Gasteiger partial charge is 0.297 e. The van der Waals surface area contributed by atoms with E-state index in [1.807, 2.05) is 0 Å². The normalized spacial score (nSPS) is 31.7. The first-order valence-electron chi connectivity index (χ1n) is 9.62. The summed E-state index contributed by atoms with van der Waals surface area (Å²) >= 11 is 1.71. The van der Waals surface area contributed by atoms with Gasteiger partial charge in [-0.2, -0.15) is 0 Å². The van der Waals surface area contributed by atoms with Crippen molar-refractivity contribution in [1.29, 1.82) is 0 Å². The quantitative estimate of drug-likeness (QED) is 0.762. The van der Waals surface area contributed by atoms with Gasteiger partial charge in [-0.05, 0) is 37.0 Å². The van der Waals surface area contributed by atoms with Gasteiger partial charge >= 0.3 is 0 Å². The smallest absolute Gasteiger partial charge is 0.249 e. The van der Waals surface area contributed by atoms with Crippen LogP contribution in [0, 0.1) is 11.3 Å². The average molecular weight is 352 g/mol. The van der Waals surface area contributed by atoms with E-state index in [2.05, 4.69) is 4.90 Å². The third kappa shape index (κ3) is 2.72. The van der Waals surface area contributed by atoms with Crippen LogP contribution in [-0.2, 0) is 13.0 Å². The molecule has 0 aromatic carbocycles. The molecule has 1 aromatic heterocycles. The molecule has 5 rings (SSSR count). The summed E-state index contributed by atoms with van der Waals surface area (Å²) in [6.45, 7) is 3.30. The number of rotatable bonds is 3. The Hall–Kier alpha value is -0.550. The zero-order chi connectivity index (χ0) is 16.4. The Morgan fingerprint density at radius 1 is 1.12 bits per heavy atom. The lowest BCUT2D eigenvalue weighted by Crippen LogP contribution is -2.34. The van der Waals surface area contributed by atoms with Crippen molar-refractivity contribution >= 4 is 11.3 Å². The topological polar surface area (TPSA) is 16.1 Å². The van der Waals surface area contributed by atoms with Crippen molar-refractivity contribution in [3.05, 3.63) is 15.6 Å². The predicted octanol–water partition coefficient (Wildman–Crippen LogP) is 4.98. The van der Waals surface area contributed by atoms with Gasteiger partial charge in [-0.15, -0.1) is 11.3 Å². The van der Waals surface area contributed by atoms with Crippen LogP contribution in [0.25, 0.3) is 0 Å². The number of fused-ring (bicyclic) bond motifs is 1. The molecule has 1 aliphatic heterocycles. The second-order valence-corrected chi connectivity index (χ2v) is 9.81. The van der Waals surface area contributed by atoms with E-state index in [0.717, 1.165) is 30.4 Å². The molecule has 3 saturated carbocycles. The Kier molecular flexibility index (Phi) is 3.58. The van der Waals surface area contributed by atoms with Crippen LogP contribution in [0.3, 0.4) is 0 Å². The maximum Gasteiger partial charge on any atom is 0.249 e. The second-order valence-electron chi connectivity index (χ2n) is 8.69. The zero-order valence-corrected chi connectivity index (χ0v) is 15.0. The van der Waals surface area contributed by atoms with Crippen LogP contribution in [-0.4, -0.2) is 28.9 Å². The van der Waals surface area contributed by atoms with E-state index in [1.54, 1.807) is 11.3 Å². The lowest BCUT2D eigenvalue weighted by atomic mass is 9.82. The summed E-state index contributed by atoms with van der Waals surface area (Å²) < 4.78 is 26.2. The van der Waals surface area contributed by atoms with Gasteiger partial charge in [-0.25, -0.2) is 13.8 Å². The van der Waals surface area contributed by atoms with Gasteiger partial charge in [-0.1, -0.05) is 19.3 Å². The van der Waals surface area contributed by atoms with Crippen LogP contribution < -0.4 is 0 Å². The van der Waals surface area contributed by atoms with E-state index < -0.39 is 5.92 Å². The van der Waals surface area contributed by atoms with E-state index in [1.165, 1.54) is 55.6 Å². The Balaban J connectivity index is 1.21. The highest BCUT2D eigenvalue weighted by molar-refractivity contribution is 7.11. The fourth-order valence-corrected chi connectivity index (χ4v) is 6.47. The van der Waals surface area contributed by atoms with Gasteiger partial charge in [0.15, 0.2) is 0 Å². The molecule has 1 atom stereocenters. The number of hydrogen-bond acceptors (Lipinski definition) is 3. The Bertz CT molecular complexity index is 627. The molecule has 0 bridgehead atoms. The van der Waals surface area contributed by atoms with Crippen molar-refractivity contribution in [3.63, 3.8) is 0 Å². The number of alkyl halides is 2. The number of halogens is 2. The van der Waals surface area contributed by atoms with Crippen molar-refractivity contribution in [1.82, 2.24) is 9.88 Å². The van der Waals surface area contributed by atoms with Crippen LogP contribution in [0.15, 0.2) is 0 Å². The Morgan fingerprint density at radius 3 is 2.67 bits per heavy atom. The summed E-state index contributed by atoms with van der Waals surface area (Å²) in [5.74, 6) is -1.52. The third-order valence-electron chi connectivity index (χ3n) is 6.95. The molecule has 4 aliphatic rings. The summed E-state index contributed by atoms with van der Waals surface area (Å²) in [6, 6.07) is 0. The number of thiazole rings is 1. The molecule has 3 fully saturated rings. The second kappa shape index (κ2) is 5.47. The maximum absolute atomic E-state index is 13.1. The monoisotopic (exact) mass is 352 g/mol. The molecule has 0 radical (unpaired) electrons. The first-order valence-corrected chi connectivity index (χ1v) is 10.4. The summed E-state index contributed by atoms with van der Waals surface area (Å²) in [6.07, 6.45) is 9.72. The van der Waals surface area contributed by atoms with Gasteiger partial charge in [0.05, 0.1) is 10.7 Å². The summed E-state index contributed by atoms with van der Waals surface area (Å²) in [4.78, 5) is 8.70. The van der Waals surface area contributed by atoms with Gasteiger partial charge in [-0.3, -0.25) is 4.90 Å². The minimum atomic E-state index is -2.44. The van der Waals surface area contributed by atoms with Crippen LogP contribution >= 0.6 is 11.3 Å². The first kappa shape index (κ1) is 15.7. The number of hydrogen-bond donors (Lipinski definition) is 0. The molecule has 0 saturated heterocycles. The van der Waals surface area contributed by atoms with Crippen LogP contribution in [0.2, 0.25) is 0 Å². The van der Waals surface area contributed by atoms with Crippen LogP contribution in [0.4, 0.5) is 8.78 Å². The molecule has 2 heterocycles. The van der Waals surface area contributed by atoms with Gasteiger partial charge in [0, 0.05) is 43.3 Å². The van der Waals surface area contributed by atoms with Crippen LogP contribution in [0.1, 0.15) is 72.9 Å². The Labute approximate surface area is 146 Å². The summed E-state index contributed by atoms with van der Waals surface area (Å²) in [5, 5.41) is 0.975. The first-order chi connectivity index (χ1) is 11.5. The molecular formula is C19H26F2N2S. The molecule has 1 spiro atoms. The molecule has 3 aliphatic carbocycles. The molecule has 1 aromatic rings. The van der Waals surface area contributed by atoms with E-state index in [4.69, 9.17) is 4.98 Å². The molecule has 2 nitrogen and oxygen atoms in total. The Morgan fingerprint density at radius 2 is 1.92 bits per heavy atom. The number of aromatic nitrogens is 1. The molecule has 132 valence electrons. The summed E-state index contributed by atoms with van der Waals surface area (Å²) in [5.41, 5.74) is 1.89. The average Bonchev–Trinajstić information content (AvgIpc) is 3.00. The van der Waals surface area contributed by atoms with E-state index in [9.17, 15) is 8.78 Å². The van der Waals surface area contributed by atoms with E-state index in [0.29, 0.717) is 5.41 Å². The van der Waals surface area contributed by atoms with Crippen molar-refractivity contribution in [2.75, 3.05) is 13.1 Å². The van der Waals surface area contributed by atoms with Gasteiger partial charge in [0.25, 0.3) is 0 Å².